The molecule has 98 valence electrons. The van der Waals surface area contributed by atoms with Gasteiger partial charge in [0.15, 0.2) is 0 Å². The molecule has 1 amide bonds. The second-order valence-electron chi connectivity index (χ2n) is 4.24. The molecule has 0 fully saturated rings. The van der Waals surface area contributed by atoms with Gasteiger partial charge in [-0.2, -0.15) is 0 Å². The second-order valence-corrected chi connectivity index (χ2v) is 4.24. The Hall–Kier alpha value is -1.46. The fourth-order valence-corrected chi connectivity index (χ4v) is 2.08. The topological polar surface area (TPSA) is 41.6 Å². The van der Waals surface area contributed by atoms with Crippen LogP contribution in [0.15, 0.2) is 18.2 Å². The van der Waals surface area contributed by atoms with Crippen LogP contribution in [0.3, 0.4) is 0 Å². The number of benzene rings is 1. The van der Waals surface area contributed by atoms with E-state index in [0.717, 1.165) is 12.0 Å². The lowest BCUT2D eigenvalue weighted by atomic mass is 10.2. The number of rotatable bonds is 5. The summed E-state index contributed by atoms with van der Waals surface area (Å²) in [4.78, 5) is 13.6. The quantitative estimate of drug-likeness (QED) is 0.793. The normalized spacial score (nSPS) is 13.8. The van der Waals surface area contributed by atoms with E-state index in [9.17, 15) is 9.18 Å². The van der Waals surface area contributed by atoms with Crippen molar-refractivity contribution in [2.24, 2.45) is 0 Å². The number of hydrogen-bond donors (Lipinski definition) is 1. The number of fused-ring (bicyclic) bond motifs is 1. The van der Waals surface area contributed by atoms with E-state index < -0.39 is 0 Å². The Kier molecular flexibility index (Phi) is 4.28. The molecule has 1 aliphatic rings. The number of anilines is 1. The fourth-order valence-electron chi connectivity index (χ4n) is 2.08. The molecule has 1 aliphatic heterocycles. The number of carbonyl (C=O) groups is 1. The summed E-state index contributed by atoms with van der Waals surface area (Å²) in [7, 11) is 1.61. The molecule has 0 bridgehead atoms. The van der Waals surface area contributed by atoms with Gasteiger partial charge in [-0.3, -0.25) is 4.79 Å². The minimum atomic E-state index is -0.305. The van der Waals surface area contributed by atoms with Crippen molar-refractivity contribution in [2.45, 2.75) is 6.42 Å². The van der Waals surface area contributed by atoms with E-state index in [1.807, 2.05) is 0 Å². The molecular formula is C13H17FN2O2. The zero-order valence-corrected chi connectivity index (χ0v) is 10.4. The standard InChI is InChI=1S/C13H17FN2O2/c1-18-7-5-15-9-13(17)16-6-4-10-2-3-11(14)8-12(10)16/h2-3,8,15H,4-7,9H2,1H3. The van der Waals surface area contributed by atoms with Crippen LogP contribution in [-0.4, -0.2) is 39.3 Å². The summed E-state index contributed by atoms with van der Waals surface area (Å²) in [5, 5.41) is 3.00. The van der Waals surface area contributed by atoms with Crippen LogP contribution in [-0.2, 0) is 16.0 Å². The van der Waals surface area contributed by atoms with Crippen molar-refractivity contribution in [2.75, 3.05) is 38.3 Å². The molecule has 0 aliphatic carbocycles. The van der Waals surface area contributed by atoms with Crippen LogP contribution >= 0.6 is 0 Å². The average Bonchev–Trinajstić information content (AvgIpc) is 2.77. The lowest BCUT2D eigenvalue weighted by molar-refractivity contribution is -0.117. The monoisotopic (exact) mass is 252 g/mol. The molecule has 5 heteroatoms. The second kappa shape index (κ2) is 5.93. The van der Waals surface area contributed by atoms with E-state index in [-0.39, 0.29) is 18.3 Å². The van der Waals surface area contributed by atoms with Crippen molar-refractivity contribution in [3.8, 4) is 0 Å². The SMILES string of the molecule is COCCNCC(=O)N1CCc2ccc(F)cc21. The van der Waals surface area contributed by atoms with E-state index in [2.05, 4.69) is 5.32 Å². The molecule has 1 aromatic rings. The predicted octanol–water partition coefficient (Wildman–Crippen LogP) is 0.951. The molecule has 0 unspecified atom stereocenters. The third kappa shape index (κ3) is 2.86. The maximum Gasteiger partial charge on any atom is 0.240 e. The van der Waals surface area contributed by atoms with Gasteiger partial charge in [0.25, 0.3) is 0 Å². The van der Waals surface area contributed by atoms with Crippen LogP contribution in [0.2, 0.25) is 0 Å². The zero-order chi connectivity index (χ0) is 13.0. The van der Waals surface area contributed by atoms with E-state index in [1.165, 1.54) is 12.1 Å². The van der Waals surface area contributed by atoms with Crippen molar-refractivity contribution in [3.63, 3.8) is 0 Å². The van der Waals surface area contributed by atoms with E-state index in [1.54, 1.807) is 18.1 Å². The van der Waals surface area contributed by atoms with Crippen LogP contribution in [0.25, 0.3) is 0 Å². The largest absolute Gasteiger partial charge is 0.383 e. The van der Waals surface area contributed by atoms with Gasteiger partial charge in [0.2, 0.25) is 5.91 Å². The Morgan fingerprint density at radius 3 is 3.17 bits per heavy atom. The molecule has 0 saturated heterocycles. The molecule has 1 heterocycles. The summed E-state index contributed by atoms with van der Waals surface area (Å²) in [5.41, 5.74) is 1.73. The van der Waals surface area contributed by atoms with Crippen LogP contribution in [0.4, 0.5) is 10.1 Å². The molecule has 4 nitrogen and oxygen atoms in total. The summed E-state index contributed by atoms with van der Waals surface area (Å²) in [5.74, 6) is -0.337. The van der Waals surface area contributed by atoms with Gasteiger partial charge in [-0.1, -0.05) is 6.07 Å². The molecule has 0 saturated carbocycles. The lowest BCUT2D eigenvalue weighted by Crippen LogP contribution is -2.38. The molecule has 18 heavy (non-hydrogen) atoms. The van der Waals surface area contributed by atoms with E-state index >= 15 is 0 Å². The molecular weight excluding hydrogens is 235 g/mol. The summed E-state index contributed by atoms with van der Waals surface area (Å²) in [6, 6.07) is 4.61. The van der Waals surface area contributed by atoms with Crippen molar-refractivity contribution in [1.29, 1.82) is 0 Å². The first-order chi connectivity index (χ1) is 8.72. The maximum absolute atomic E-state index is 13.2. The summed E-state index contributed by atoms with van der Waals surface area (Å²) >= 11 is 0. The van der Waals surface area contributed by atoms with Gasteiger partial charge in [0, 0.05) is 25.9 Å². The first-order valence-electron chi connectivity index (χ1n) is 6.01. The van der Waals surface area contributed by atoms with Crippen molar-refractivity contribution in [1.82, 2.24) is 5.32 Å². The number of nitrogens with one attached hydrogen (secondary N) is 1. The minimum Gasteiger partial charge on any atom is -0.383 e. The zero-order valence-electron chi connectivity index (χ0n) is 10.4. The van der Waals surface area contributed by atoms with Crippen molar-refractivity contribution in [3.05, 3.63) is 29.6 Å². The average molecular weight is 252 g/mol. The van der Waals surface area contributed by atoms with Gasteiger partial charge in [-0.25, -0.2) is 4.39 Å². The molecule has 0 radical (unpaired) electrons. The Bertz CT molecular complexity index is 437. The Balaban J connectivity index is 1.95. The number of halogens is 1. The van der Waals surface area contributed by atoms with Crippen LogP contribution in [0.1, 0.15) is 5.56 Å². The van der Waals surface area contributed by atoms with Gasteiger partial charge in [-0.05, 0) is 24.1 Å². The molecule has 0 spiro atoms. The predicted molar refractivity (Wildman–Crippen MR) is 67.2 cm³/mol. The molecule has 0 atom stereocenters. The molecule has 2 rings (SSSR count). The first-order valence-corrected chi connectivity index (χ1v) is 6.01. The van der Waals surface area contributed by atoms with Crippen LogP contribution in [0.5, 0.6) is 0 Å². The third-order valence-electron chi connectivity index (χ3n) is 3.00. The highest BCUT2D eigenvalue weighted by Crippen LogP contribution is 2.28. The van der Waals surface area contributed by atoms with E-state index in [4.69, 9.17) is 4.74 Å². The number of methoxy groups -OCH3 is 1. The Morgan fingerprint density at radius 1 is 1.56 bits per heavy atom. The van der Waals surface area contributed by atoms with Gasteiger partial charge in [-0.15, -0.1) is 0 Å². The Morgan fingerprint density at radius 2 is 2.39 bits per heavy atom. The highest BCUT2D eigenvalue weighted by atomic mass is 19.1. The summed E-state index contributed by atoms with van der Waals surface area (Å²) < 4.78 is 18.1. The third-order valence-corrected chi connectivity index (χ3v) is 3.00. The highest BCUT2D eigenvalue weighted by Gasteiger charge is 2.24. The van der Waals surface area contributed by atoms with Gasteiger partial charge >= 0.3 is 0 Å². The van der Waals surface area contributed by atoms with Gasteiger partial charge < -0.3 is 15.0 Å². The number of ether oxygens (including phenoxy) is 1. The number of nitrogens with zero attached hydrogens (tertiary/aromatic N) is 1. The highest BCUT2D eigenvalue weighted by molar-refractivity contribution is 5.96. The van der Waals surface area contributed by atoms with Crippen LogP contribution in [0, 0.1) is 5.82 Å². The van der Waals surface area contributed by atoms with Gasteiger partial charge in [0.05, 0.1) is 13.2 Å². The Labute approximate surface area is 106 Å². The van der Waals surface area contributed by atoms with E-state index in [0.29, 0.717) is 25.4 Å². The maximum atomic E-state index is 13.2. The molecule has 1 aromatic carbocycles. The molecule has 1 N–H and O–H groups in total. The fraction of sp³-hybridized carbons (Fsp3) is 0.462. The first kappa shape index (κ1) is 13.0. The van der Waals surface area contributed by atoms with Crippen LogP contribution < -0.4 is 10.2 Å². The number of carbonyl (C=O) groups excluding carboxylic acids is 1. The number of hydrogen-bond acceptors (Lipinski definition) is 3. The minimum absolute atomic E-state index is 0.0320. The molecule has 0 aromatic heterocycles. The summed E-state index contributed by atoms with van der Waals surface area (Å²) in [6.45, 7) is 2.08. The lowest BCUT2D eigenvalue weighted by Gasteiger charge is -2.17. The van der Waals surface area contributed by atoms with Gasteiger partial charge in [0.1, 0.15) is 5.82 Å². The van der Waals surface area contributed by atoms with Crippen molar-refractivity contribution >= 4 is 11.6 Å². The van der Waals surface area contributed by atoms with Crippen molar-refractivity contribution < 1.29 is 13.9 Å². The summed E-state index contributed by atoms with van der Waals surface area (Å²) in [6.07, 6.45) is 0.791. The number of amides is 1. The smallest absolute Gasteiger partial charge is 0.240 e.